The minimum atomic E-state index is -0.400. The van der Waals surface area contributed by atoms with Crippen LogP contribution in [0.5, 0.6) is 0 Å². The fraction of sp³-hybridized carbons (Fsp3) is 0.833. The number of hydrogen-bond acceptors (Lipinski definition) is 3. The molecule has 0 N–H and O–H groups in total. The molecule has 0 unspecified atom stereocenters. The van der Waals surface area contributed by atoms with E-state index in [9.17, 15) is 9.59 Å². The van der Waals surface area contributed by atoms with E-state index >= 15 is 0 Å². The highest BCUT2D eigenvalue weighted by molar-refractivity contribution is 7.59. The van der Waals surface area contributed by atoms with Gasteiger partial charge < -0.3 is 4.74 Å². The van der Waals surface area contributed by atoms with E-state index in [1.54, 1.807) is 0 Å². The van der Waals surface area contributed by atoms with Crippen molar-refractivity contribution in [2.45, 2.75) is 41.0 Å². The fourth-order valence-corrected chi connectivity index (χ4v) is 1.45. The van der Waals surface area contributed by atoms with Gasteiger partial charge in [-0.05, 0) is 5.92 Å². The quantitative estimate of drug-likeness (QED) is 0.718. The summed E-state index contributed by atoms with van der Waals surface area (Å²) in [4.78, 5) is 23.2. The van der Waals surface area contributed by atoms with E-state index in [0.717, 1.165) is 0 Å². The average molecular weight is 248 g/mol. The molecule has 96 valence electrons. The Bertz CT molecular complexity index is 241. The van der Waals surface area contributed by atoms with Gasteiger partial charge in [0.15, 0.2) is 0 Å². The van der Waals surface area contributed by atoms with Crippen LogP contribution in [0, 0.1) is 17.3 Å². The van der Waals surface area contributed by atoms with Crippen molar-refractivity contribution < 1.29 is 14.3 Å². The van der Waals surface area contributed by atoms with Crippen LogP contribution in [0.3, 0.4) is 0 Å². The van der Waals surface area contributed by atoms with E-state index in [0.29, 0.717) is 0 Å². The minimum Gasteiger partial charge on any atom is -0.469 e. The molecule has 0 saturated heterocycles. The summed E-state index contributed by atoms with van der Waals surface area (Å²) < 4.78 is 4.60. The number of rotatable bonds is 4. The van der Waals surface area contributed by atoms with Gasteiger partial charge >= 0.3 is 5.97 Å². The van der Waals surface area contributed by atoms with E-state index in [2.05, 4.69) is 4.74 Å². The second-order valence-corrected chi connectivity index (χ2v) is 5.25. The first-order chi connectivity index (χ1) is 6.70. The van der Waals surface area contributed by atoms with Gasteiger partial charge in [-0.2, -0.15) is 13.5 Å². The number of esters is 1. The SMILES string of the molecule is COC(=O)C[C@H](C(=O)C(C)(C)C)C(C)C.S. The van der Waals surface area contributed by atoms with Crippen molar-refractivity contribution in [3.63, 3.8) is 0 Å². The molecular weight excluding hydrogens is 224 g/mol. The number of ketones is 1. The molecule has 0 aromatic rings. The average Bonchev–Trinajstić information content (AvgIpc) is 2.10. The Morgan fingerprint density at radius 2 is 1.62 bits per heavy atom. The van der Waals surface area contributed by atoms with Crippen LogP contribution < -0.4 is 0 Å². The van der Waals surface area contributed by atoms with Gasteiger partial charge in [0.25, 0.3) is 0 Å². The molecule has 0 aliphatic heterocycles. The molecule has 0 heterocycles. The van der Waals surface area contributed by atoms with Crippen LogP contribution in [0.2, 0.25) is 0 Å². The van der Waals surface area contributed by atoms with E-state index in [4.69, 9.17) is 0 Å². The first-order valence-corrected chi connectivity index (χ1v) is 5.31. The molecule has 0 fully saturated rings. The summed E-state index contributed by atoms with van der Waals surface area (Å²) in [6.07, 6.45) is 0.185. The van der Waals surface area contributed by atoms with Gasteiger partial charge in [-0.1, -0.05) is 34.6 Å². The van der Waals surface area contributed by atoms with Crippen molar-refractivity contribution in [1.29, 1.82) is 0 Å². The normalized spacial score (nSPS) is 12.9. The summed E-state index contributed by atoms with van der Waals surface area (Å²) >= 11 is 0. The molecule has 3 nitrogen and oxygen atoms in total. The molecule has 16 heavy (non-hydrogen) atoms. The van der Waals surface area contributed by atoms with Gasteiger partial charge in [0.05, 0.1) is 13.5 Å². The molecule has 0 rings (SSSR count). The highest BCUT2D eigenvalue weighted by Gasteiger charge is 2.33. The number of Topliss-reactive ketones (excluding diaryl/α,β-unsaturated/α-hetero) is 1. The van der Waals surface area contributed by atoms with Crippen molar-refractivity contribution in [3.05, 3.63) is 0 Å². The fourth-order valence-electron chi connectivity index (χ4n) is 1.45. The maximum atomic E-state index is 12.0. The first kappa shape index (κ1) is 17.9. The predicted octanol–water partition coefficient (Wildman–Crippen LogP) is 2.55. The topological polar surface area (TPSA) is 43.4 Å². The Morgan fingerprint density at radius 1 is 1.19 bits per heavy atom. The lowest BCUT2D eigenvalue weighted by Crippen LogP contribution is -2.33. The molecule has 0 saturated carbocycles. The largest absolute Gasteiger partial charge is 0.469 e. The Hall–Kier alpha value is -0.510. The smallest absolute Gasteiger partial charge is 0.306 e. The zero-order chi connectivity index (χ0) is 12.2. The van der Waals surface area contributed by atoms with E-state index in [1.807, 2.05) is 34.6 Å². The van der Waals surface area contributed by atoms with E-state index in [1.165, 1.54) is 7.11 Å². The van der Waals surface area contributed by atoms with Gasteiger partial charge in [-0.15, -0.1) is 0 Å². The molecule has 0 aromatic heterocycles. The van der Waals surface area contributed by atoms with Crippen LogP contribution in [-0.4, -0.2) is 18.9 Å². The number of hydrogen-bond donors (Lipinski definition) is 0. The summed E-state index contributed by atoms with van der Waals surface area (Å²) in [5.41, 5.74) is -0.400. The predicted molar refractivity (Wildman–Crippen MR) is 69.8 cm³/mol. The van der Waals surface area contributed by atoms with Crippen molar-refractivity contribution in [2.24, 2.45) is 17.3 Å². The van der Waals surface area contributed by atoms with Crippen LogP contribution in [0.15, 0.2) is 0 Å². The highest BCUT2D eigenvalue weighted by Crippen LogP contribution is 2.27. The Balaban J connectivity index is 0. The van der Waals surface area contributed by atoms with Gasteiger partial charge in [0.2, 0.25) is 0 Å². The molecule has 0 spiro atoms. The standard InChI is InChI=1S/C12H22O3.H2S/c1-8(2)9(7-10(13)15-6)11(14)12(3,4)5;/h8-9H,7H2,1-6H3;1H2/t9-;/m0./s1. The number of carbonyl (C=O) groups excluding carboxylic acids is 2. The maximum Gasteiger partial charge on any atom is 0.306 e. The summed E-state index contributed by atoms with van der Waals surface area (Å²) in [6.45, 7) is 9.54. The minimum absolute atomic E-state index is 0. The van der Waals surface area contributed by atoms with Crippen LogP contribution in [0.4, 0.5) is 0 Å². The summed E-state index contributed by atoms with van der Waals surface area (Å²) in [5.74, 6) is -0.262. The molecule has 0 radical (unpaired) electrons. The number of ether oxygens (including phenoxy) is 1. The lowest BCUT2D eigenvalue weighted by molar-refractivity contribution is -0.146. The van der Waals surface area contributed by atoms with Crippen molar-refractivity contribution in [1.82, 2.24) is 0 Å². The second kappa shape index (κ2) is 6.94. The third kappa shape index (κ3) is 5.54. The first-order valence-electron chi connectivity index (χ1n) is 5.31. The van der Waals surface area contributed by atoms with Gasteiger partial charge in [0, 0.05) is 11.3 Å². The van der Waals surface area contributed by atoms with Gasteiger partial charge in [-0.25, -0.2) is 0 Å². The highest BCUT2D eigenvalue weighted by atomic mass is 32.1. The maximum absolute atomic E-state index is 12.0. The van der Waals surface area contributed by atoms with E-state index < -0.39 is 5.41 Å². The second-order valence-electron chi connectivity index (χ2n) is 5.25. The molecule has 0 amide bonds. The Kier molecular flexibility index (Phi) is 7.75. The third-order valence-electron chi connectivity index (χ3n) is 2.49. The summed E-state index contributed by atoms with van der Waals surface area (Å²) in [6, 6.07) is 0. The Morgan fingerprint density at radius 3 is 1.88 bits per heavy atom. The molecular formula is C12H24O3S. The van der Waals surface area contributed by atoms with Crippen molar-refractivity contribution >= 4 is 25.2 Å². The van der Waals surface area contributed by atoms with Crippen molar-refractivity contribution in [3.8, 4) is 0 Å². The van der Waals surface area contributed by atoms with Crippen LogP contribution in [0.25, 0.3) is 0 Å². The molecule has 0 aliphatic carbocycles. The zero-order valence-corrected chi connectivity index (χ0v) is 12.1. The zero-order valence-electron chi connectivity index (χ0n) is 11.1. The number of methoxy groups -OCH3 is 1. The van der Waals surface area contributed by atoms with E-state index in [-0.39, 0.29) is 43.5 Å². The van der Waals surface area contributed by atoms with Crippen molar-refractivity contribution in [2.75, 3.05) is 7.11 Å². The lowest BCUT2D eigenvalue weighted by atomic mass is 9.77. The molecule has 1 atom stereocenters. The number of carbonyl (C=O) groups is 2. The monoisotopic (exact) mass is 248 g/mol. The van der Waals surface area contributed by atoms with Crippen LogP contribution in [0.1, 0.15) is 41.0 Å². The lowest BCUT2D eigenvalue weighted by Gasteiger charge is -2.26. The van der Waals surface area contributed by atoms with Gasteiger partial charge in [-0.3, -0.25) is 9.59 Å². The molecule has 4 heteroatoms. The van der Waals surface area contributed by atoms with Crippen LogP contribution in [-0.2, 0) is 14.3 Å². The van der Waals surface area contributed by atoms with Gasteiger partial charge in [0.1, 0.15) is 5.78 Å². The Labute approximate surface area is 105 Å². The molecule has 0 aliphatic rings. The molecule has 0 aromatic carbocycles. The molecule has 0 bridgehead atoms. The summed E-state index contributed by atoms with van der Waals surface area (Å²) in [5, 5.41) is 0. The third-order valence-corrected chi connectivity index (χ3v) is 2.49. The summed E-state index contributed by atoms with van der Waals surface area (Å²) in [7, 11) is 1.35. The van der Waals surface area contributed by atoms with Crippen LogP contribution >= 0.6 is 13.5 Å².